The summed E-state index contributed by atoms with van der Waals surface area (Å²) in [4.78, 5) is 23.1. The van der Waals surface area contributed by atoms with E-state index >= 15 is 0 Å². The lowest BCUT2D eigenvalue weighted by atomic mass is 9.89. The van der Waals surface area contributed by atoms with Gasteiger partial charge in [0.05, 0.1) is 12.5 Å². The van der Waals surface area contributed by atoms with Crippen LogP contribution in [0.25, 0.3) is 0 Å². The van der Waals surface area contributed by atoms with Crippen molar-refractivity contribution in [2.24, 2.45) is 0 Å². The van der Waals surface area contributed by atoms with E-state index in [1.807, 2.05) is 0 Å². The van der Waals surface area contributed by atoms with E-state index in [2.05, 4.69) is 10.6 Å². The average molecular weight is 246 g/mol. The van der Waals surface area contributed by atoms with E-state index in [-0.39, 0.29) is 24.0 Å². The molecule has 0 aromatic heterocycles. The third-order valence-corrected chi connectivity index (χ3v) is 3.44. The molecule has 1 aromatic carbocycles. The third-order valence-electron chi connectivity index (χ3n) is 3.44. The molecule has 5 nitrogen and oxygen atoms in total. The second-order valence-electron chi connectivity index (χ2n) is 4.89. The van der Waals surface area contributed by atoms with E-state index in [4.69, 9.17) is 5.11 Å². The summed E-state index contributed by atoms with van der Waals surface area (Å²) >= 11 is 0. The van der Waals surface area contributed by atoms with Crippen LogP contribution < -0.4 is 10.6 Å². The molecular formula is C13H14N2O3. The lowest BCUT2D eigenvalue weighted by molar-refractivity contribution is -0.115. The predicted octanol–water partition coefficient (Wildman–Crippen LogP) is 0.434. The zero-order valence-electron chi connectivity index (χ0n) is 9.77. The molecule has 1 heterocycles. The summed E-state index contributed by atoms with van der Waals surface area (Å²) in [7, 11) is 0. The molecule has 5 heteroatoms. The van der Waals surface area contributed by atoms with Crippen molar-refractivity contribution in [1.82, 2.24) is 5.32 Å². The largest absolute Gasteiger partial charge is 0.393 e. The minimum Gasteiger partial charge on any atom is -0.393 e. The van der Waals surface area contributed by atoms with Gasteiger partial charge in [0.25, 0.3) is 5.91 Å². The summed E-state index contributed by atoms with van der Waals surface area (Å²) in [6.45, 7) is 0. The maximum Gasteiger partial charge on any atom is 0.251 e. The Bertz CT molecular complexity index is 521. The number of nitrogens with one attached hydrogen (secondary N) is 2. The number of hydrogen-bond acceptors (Lipinski definition) is 3. The van der Waals surface area contributed by atoms with E-state index in [9.17, 15) is 9.59 Å². The summed E-state index contributed by atoms with van der Waals surface area (Å²) in [6.07, 6.45) is 1.30. The van der Waals surface area contributed by atoms with Crippen molar-refractivity contribution in [3.05, 3.63) is 29.3 Å². The van der Waals surface area contributed by atoms with Crippen molar-refractivity contribution in [3.63, 3.8) is 0 Å². The van der Waals surface area contributed by atoms with Gasteiger partial charge in [-0.15, -0.1) is 0 Å². The van der Waals surface area contributed by atoms with Gasteiger partial charge in [0.2, 0.25) is 5.91 Å². The fourth-order valence-corrected chi connectivity index (χ4v) is 2.34. The van der Waals surface area contributed by atoms with Crippen LogP contribution in [-0.2, 0) is 11.2 Å². The lowest BCUT2D eigenvalue weighted by Crippen LogP contribution is -2.46. The van der Waals surface area contributed by atoms with E-state index in [1.54, 1.807) is 18.2 Å². The second-order valence-corrected chi connectivity index (χ2v) is 4.89. The van der Waals surface area contributed by atoms with Crippen molar-refractivity contribution < 1.29 is 14.7 Å². The number of aliphatic hydroxyl groups excluding tert-OH is 1. The van der Waals surface area contributed by atoms with Crippen LogP contribution in [0.3, 0.4) is 0 Å². The van der Waals surface area contributed by atoms with Crippen LogP contribution in [0.15, 0.2) is 18.2 Å². The van der Waals surface area contributed by atoms with Gasteiger partial charge in [0, 0.05) is 17.3 Å². The Balaban J connectivity index is 1.71. The summed E-state index contributed by atoms with van der Waals surface area (Å²) in [5, 5.41) is 14.8. The molecule has 1 aromatic rings. The minimum absolute atomic E-state index is 0.0373. The van der Waals surface area contributed by atoms with Crippen LogP contribution in [0.5, 0.6) is 0 Å². The van der Waals surface area contributed by atoms with Crippen molar-refractivity contribution in [2.45, 2.75) is 31.4 Å². The topological polar surface area (TPSA) is 78.4 Å². The van der Waals surface area contributed by atoms with Crippen molar-refractivity contribution in [2.75, 3.05) is 5.32 Å². The maximum absolute atomic E-state index is 11.9. The molecule has 0 bridgehead atoms. The fourth-order valence-electron chi connectivity index (χ4n) is 2.34. The SMILES string of the molecule is O=C1Cc2cc(C(=O)NC3CC(O)C3)ccc2N1. The molecule has 2 amide bonds. The van der Waals surface area contributed by atoms with Gasteiger partial charge >= 0.3 is 0 Å². The molecule has 1 aliphatic carbocycles. The molecule has 0 radical (unpaired) electrons. The predicted molar refractivity (Wildman–Crippen MR) is 65.3 cm³/mol. The first-order chi connectivity index (χ1) is 8.61. The van der Waals surface area contributed by atoms with Gasteiger partial charge in [-0.1, -0.05) is 0 Å². The maximum atomic E-state index is 11.9. The quantitative estimate of drug-likeness (QED) is 0.708. The third kappa shape index (κ3) is 1.97. The van der Waals surface area contributed by atoms with Crippen molar-refractivity contribution >= 4 is 17.5 Å². The smallest absolute Gasteiger partial charge is 0.251 e. The number of rotatable bonds is 2. The Morgan fingerprint density at radius 2 is 2.17 bits per heavy atom. The fraction of sp³-hybridized carbons (Fsp3) is 0.385. The van der Waals surface area contributed by atoms with Crippen LogP contribution >= 0.6 is 0 Å². The van der Waals surface area contributed by atoms with E-state index < -0.39 is 0 Å². The Morgan fingerprint density at radius 1 is 1.39 bits per heavy atom. The number of carbonyl (C=O) groups excluding carboxylic acids is 2. The normalized spacial score (nSPS) is 25.1. The number of fused-ring (bicyclic) bond motifs is 1. The molecule has 0 spiro atoms. The standard InChI is InChI=1S/C13H14N2O3/c16-10-5-9(6-10)14-13(18)7-1-2-11-8(3-7)4-12(17)15-11/h1-3,9-10,16H,4-6H2,(H,14,18)(H,15,17). The van der Waals surface area contributed by atoms with Gasteiger partial charge in [-0.3, -0.25) is 9.59 Å². The first-order valence-corrected chi connectivity index (χ1v) is 6.03. The zero-order valence-corrected chi connectivity index (χ0v) is 9.77. The summed E-state index contributed by atoms with van der Waals surface area (Å²) in [5.41, 5.74) is 2.21. The highest BCUT2D eigenvalue weighted by molar-refractivity contribution is 6.01. The summed E-state index contributed by atoms with van der Waals surface area (Å²) in [6, 6.07) is 5.28. The number of anilines is 1. The van der Waals surface area contributed by atoms with Crippen LogP contribution in [0.1, 0.15) is 28.8 Å². The molecule has 1 aliphatic heterocycles. The van der Waals surface area contributed by atoms with E-state index in [0.717, 1.165) is 11.3 Å². The molecule has 3 N–H and O–H groups in total. The molecule has 2 aliphatic rings. The molecule has 1 saturated carbocycles. The van der Waals surface area contributed by atoms with Crippen LogP contribution in [0.2, 0.25) is 0 Å². The Morgan fingerprint density at radius 3 is 2.89 bits per heavy atom. The Labute approximate surface area is 104 Å². The molecule has 0 unspecified atom stereocenters. The highest BCUT2D eigenvalue weighted by Crippen LogP contribution is 2.24. The average Bonchev–Trinajstić information content (AvgIpc) is 2.65. The van der Waals surface area contributed by atoms with Gasteiger partial charge < -0.3 is 15.7 Å². The van der Waals surface area contributed by atoms with E-state index in [0.29, 0.717) is 24.8 Å². The molecular weight excluding hydrogens is 232 g/mol. The number of carbonyl (C=O) groups is 2. The molecule has 3 rings (SSSR count). The van der Waals surface area contributed by atoms with Gasteiger partial charge in [-0.25, -0.2) is 0 Å². The minimum atomic E-state index is -0.280. The molecule has 18 heavy (non-hydrogen) atoms. The number of amides is 2. The van der Waals surface area contributed by atoms with Gasteiger partial charge in [-0.05, 0) is 36.6 Å². The van der Waals surface area contributed by atoms with Crippen LogP contribution in [-0.4, -0.2) is 29.1 Å². The number of aliphatic hydroxyl groups is 1. The second kappa shape index (κ2) is 4.10. The van der Waals surface area contributed by atoms with Crippen LogP contribution in [0, 0.1) is 0 Å². The summed E-state index contributed by atoms with van der Waals surface area (Å²) in [5.74, 6) is -0.182. The van der Waals surface area contributed by atoms with Gasteiger partial charge in [-0.2, -0.15) is 0 Å². The first-order valence-electron chi connectivity index (χ1n) is 6.03. The summed E-state index contributed by atoms with van der Waals surface area (Å²) < 4.78 is 0. The number of hydrogen-bond donors (Lipinski definition) is 3. The zero-order chi connectivity index (χ0) is 12.7. The van der Waals surface area contributed by atoms with Gasteiger partial charge in [0.15, 0.2) is 0 Å². The molecule has 0 saturated heterocycles. The monoisotopic (exact) mass is 246 g/mol. The molecule has 1 fully saturated rings. The molecule has 0 atom stereocenters. The van der Waals surface area contributed by atoms with Crippen molar-refractivity contribution in [1.29, 1.82) is 0 Å². The lowest BCUT2D eigenvalue weighted by Gasteiger charge is -2.31. The highest BCUT2D eigenvalue weighted by atomic mass is 16.3. The Hall–Kier alpha value is -1.88. The van der Waals surface area contributed by atoms with Crippen LogP contribution in [0.4, 0.5) is 5.69 Å². The van der Waals surface area contributed by atoms with Crippen molar-refractivity contribution in [3.8, 4) is 0 Å². The Kier molecular flexibility index (Phi) is 2.56. The number of benzene rings is 1. The molecule has 94 valence electrons. The van der Waals surface area contributed by atoms with Gasteiger partial charge in [0.1, 0.15) is 0 Å². The highest BCUT2D eigenvalue weighted by Gasteiger charge is 2.29. The first kappa shape index (κ1) is 11.2. The van der Waals surface area contributed by atoms with E-state index in [1.165, 1.54) is 0 Å².